The molecule has 2 fully saturated rings. The van der Waals surface area contributed by atoms with Crippen LogP contribution in [0.3, 0.4) is 0 Å². The SMILES string of the molecule is CC1(C)OB(c2ccc(N3CCC(C(O)O)CC3)c(F)c2)OC1(C)C. The van der Waals surface area contributed by atoms with Crippen molar-refractivity contribution in [3.05, 3.63) is 24.0 Å². The summed E-state index contributed by atoms with van der Waals surface area (Å²) in [6.45, 7) is 9.09. The average Bonchev–Trinajstić information content (AvgIpc) is 2.75. The Hall–Kier alpha value is -1.15. The first-order valence-corrected chi connectivity index (χ1v) is 8.87. The second kappa shape index (κ2) is 6.54. The number of nitrogens with zero attached hydrogens (tertiary/aromatic N) is 1. The lowest BCUT2D eigenvalue weighted by atomic mass is 9.79. The third kappa shape index (κ3) is 3.56. The summed E-state index contributed by atoms with van der Waals surface area (Å²) < 4.78 is 26.6. The molecule has 7 heteroatoms. The quantitative estimate of drug-likeness (QED) is 0.641. The first-order chi connectivity index (χ1) is 11.6. The Kier molecular flexibility index (Phi) is 4.88. The van der Waals surface area contributed by atoms with Crippen LogP contribution in [0.25, 0.3) is 0 Å². The molecule has 5 nitrogen and oxygen atoms in total. The normalized spacial score (nSPS) is 23.5. The molecule has 0 atom stereocenters. The van der Waals surface area contributed by atoms with Crippen LogP contribution >= 0.6 is 0 Å². The lowest BCUT2D eigenvalue weighted by Gasteiger charge is -2.34. The van der Waals surface area contributed by atoms with E-state index in [9.17, 15) is 14.6 Å². The van der Waals surface area contributed by atoms with Gasteiger partial charge >= 0.3 is 7.12 Å². The van der Waals surface area contributed by atoms with Crippen LogP contribution in [0.1, 0.15) is 40.5 Å². The van der Waals surface area contributed by atoms with Crippen LogP contribution < -0.4 is 10.4 Å². The summed E-state index contributed by atoms with van der Waals surface area (Å²) in [5.74, 6) is -0.446. The monoisotopic (exact) mass is 351 g/mol. The molecule has 3 rings (SSSR count). The Bertz CT molecular complexity index is 614. The molecular weight excluding hydrogens is 324 g/mol. The van der Waals surface area contributed by atoms with E-state index in [4.69, 9.17) is 9.31 Å². The molecule has 2 aliphatic heterocycles. The van der Waals surface area contributed by atoms with Crippen LogP contribution in [0.5, 0.6) is 0 Å². The predicted molar refractivity (Wildman–Crippen MR) is 95.3 cm³/mol. The van der Waals surface area contributed by atoms with Crippen molar-refractivity contribution in [2.24, 2.45) is 5.92 Å². The largest absolute Gasteiger partial charge is 0.494 e. The van der Waals surface area contributed by atoms with Gasteiger partial charge in [0.1, 0.15) is 5.82 Å². The fourth-order valence-electron chi connectivity index (χ4n) is 3.34. The molecule has 1 aromatic rings. The van der Waals surface area contributed by atoms with E-state index in [1.54, 1.807) is 6.07 Å². The minimum Gasteiger partial charge on any atom is -0.399 e. The van der Waals surface area contributed by atoms with E-state index in [0.29, 0.717) is 37.1 Å². The molecule has 25 heavy (non-hydrogen) atoms. The van der Waals surface area contributed by atoms with Gasteiger partial charge in [0, 0.05) is 19.0 Å². The zero-order chi connectivity index (χ0) is 18.4. The number of rotatable bonds is 3. The fourth-order valence-corrected chi connectivity index (χ4v) is 3.34. The number of halogens is 1. The number of benzene rings is 1. The molecular formula is C18H27BFNO4. The van der Waals surface area contributed by atoms with Gasteiger partial charge < -0.3 is 24.4 Å². The first kappa shape index (κ1) is 18.6. The summed E-state index contributed by atoms with van der Waals surface area (Å²) in [5.41, 5.74) is 0.284. The van der Waals surface area contributed by atoms with Crippen LogP contribution in [-0.2, 0) is 9.31 Å². The Morgan fingerprint density at radius 3 is 2.16 bits per heavy atom. The highest BCUT2D eigenvalue weighted by atomic mass is 19.1. The van der Waals surface area contributed by atoms with Crippen molar-refractivity contribution < 1.29 is 23.9 Å². The Balaban J connectivity index is 1.72. The molecule has 0 aromatic heterocycles. The first-order valence-electron chi connectivity index (χ1n) is 8.87. The van der Waals surface area contributed by atoms with E-state index in [-0.39, 0.29) is 11.7 Å². The Morgan fingerprint density at radius 2 is 1.68 bits per heavy atom. The molecule has 0 bridgehead atoms. The summed E-state index contributed by atoms with van der Waals surface area (Å²) in [6.07, 6.45) is -0.0237. The van der Waals surface area contributed by atoms with Gasteiger partial charge in [-0.25, -0.2) is 4.39 Å². The Labute approximate surface area is 148 Å². The highest BCUT2D eigenvalue weighted by Gasteiger charge is 2.51. The van der Waals surface area contributed by atoms with E-state index in [1.165, 1.54) is 6.07 Å². The molecule has 2 N–H and O–H groups in total. The zero-order valence-electron chi connectivity index (χ0n) is 15.3. The maximum atomic E-state index is 14.7. The second-order valence-corrected chi connectivity index (χ2v) is 8.04. The van der Waals surface area contributed by atoms with Crippen molar-refractivity contribution in [3.63, 3.8) is 0 Å². The highest BCUT2D eigenvalue weighted by Crippen LogP contribution is 2.36. The highest BCUT2D eigenvalue weighted by molar-refractivity contribution is 6.62. The number of aliphatic hydroxyl groups excluding tert-OH is 1. The lowest BCUT2D eigenvalue weighted by molar-refractivity contribution is -0.0893. The van der Waals surface area contributed by atoms with E-state index >= 15 is 0 Å². The maximum absolute atomic E-state index is 14.7. The van der Waals surface area contributed by atoms with Gasteiger partial charge in [-0.2, -0.15) is 0 Å². The average molecular weight is 351 g/mol. The lowest BCUT2D eigenvalue weighted by Crippen LogP contribution is -2.41. The maximum Gasteiger partial charge on any atom is 0.494 e. The van der Waals surface area contributed by atoms with Gasteiger partial charge in [-0.15, -0.1) is 0 Å². The van der Waals surface area contributed by atoms with Crippen LogP contribution in [0.15, 0.2) is 18.2 Å². The molecule has 2 aliphatic rings. The summed E-state index contributed by atoms with van der Waals surface area (Å²) >= 11 is 0. The van der Waals surface area contributed by atoms with Gasteiger partial charge in [0.15, 0.2) is 6.29 Å². The minimum absolute atomic E-state index is 0.136. The van der Waals surface area contributed by atoms with E-state index in [2.05, 4.69) is 0 Å². The number of anilines is 1. The van der Waals surface area contributed by atoms with Gasteiger partial charge in [0.05, 0.1) is 16.9 Å². The molecule has 2 heterocycles. The number of aliphatic hydroxyl groups is 2. The van der Waals surface area contributed by atoms with Gasteiger partial charge in [-0.05, 0) is 58.1 Å². The molecule has 0 unspecified atom stereocenters. The van der Waals surface area contributed by atoms with Crippen LogP contribution in [0.2, 0.25) is 0 Å². The molecule has 0 radical (unpaired) electrons. The number of hydrogen-bond acceptors (Lipinski definition) is 5. The third-order valence-corrected chi connectivity index (χ3v) is 5.80. The standard InChI is InChI=1S/C18H27BFNO4/c1-17(2)18(3,4)25-19(24-17)13-5-6-15(14(20)11-13)21-9-7-12(8-10-21)16(22)23/h5-6,11-12,16,22-23H,7-10H2,1-4H3. The van der Waals surface area contributed by atoms with Gasteiger partial charge in [0.25, 0.3) is 0 Å². The molecule has 0 spiro atoms. The van der Waals surface area contributed by atoms with Crippen molar-refractivity contribution in [2.75, 3.05) is 18.0 Å². The van der Waals surface area contributed by atoms with E-state index in [0.717, 1.165) is 0 Å². The van der Waals surface area contributed by atoms with Crippen LogP contribution in [0, 0.1) is 11.7 Å². The molecule has 0 saturated carbocycles. The van der Waals surface area contributed by atoms with E-state index in [1.807, 2.05) is 38.7 Å². The summed E-state index contributed by atoms with van der Waals surface area (Å²) in [6, 6.07) is 5.07. The predicted octanol–water partition coefficient (Wildman–Crippen LogP) is 1.65. The van der Waals surface area contributed by atoms with Crippen molar-refractivity contribution in [3.8, 4) is 0 Å². The van der Waals surface area contributed by atoms with Crippen molar-refractivity contribution in [1.29, 1.82) is 0 Å². The summed E-state index contributed by atoms with van der Waals surface area (Å²) in [5, 5.41) is 18.5. The zero-order valence-corrected chi connectivity index (χ0v) is 15.3. The van der Waals surface area contributed by atoms with Gasteiger partial charge in [0.2, 0.25) is 0 Å². The number of hydrogen-bond donors (Lipinski definition) is 2. The topological polar surface area (TPSA) is 62.2 Å². The van der Waals surface area contributed by atoms with E-state index < -0.39 is 24.6 Å². The van der Waals surface area contributed by atoms with Gasteiger partial charge in [-0.3, -0.25) is 0 Å². The van der Waals surface area contributed by atoms with Crippen molar-refractivity contribution >= 4 is 18.3 Å². The number of piperidine rings is 1. The second-order valence-electron chi connectivity index (χ2n) is 8.04. The third-order valence-electron chi connectivity index (χ3n) is 5.80. The van der Waals surface area contributed by atoms with Gasteiger partial charge in [-0.1, -0.05) is 6.07 Å². The summed E-state index contributed by atoms with van der Waals surface area (Å²) in [4.78, 5) is 1.95. The van der Waals surface area contributed by atoms with Crippen LogP contribution in [-0.4, -0.2) is 47.9 Å². The molecule has 1 aromatic carbocycles. The minimum atomic E-state index is -1.29. The van der Waals surface area contributed by atoms with Crippen molar-refractivity contribution in [2.45, 2.75) is 58.0 Å². The van der Waals surface area contributed by atoms with Crippen LogP contribution in [0.4, 0.5) is 10.1 Å². The molecule has 0 aliphatic carbocycles. The van der Waals surface area contributed by atoms with Crippen molar-refractivity contribution in [1.82, 2.24) is 0 Å². The molecule has 138 valence electrons. The smallest absolute Gasteiger partial charge is 0.399 e. The Morgan fingerprint density at radius 1 is 1.12 bits per heavy atom. The molecule has 2 saturated heterocycles. The molecule has 0 amide bonds. The summed E-state index contributed by atoms with van der Waals surface area (Å²) in [7, 11) is -0.580. The fraction of sp³-hybridized carbons (Fsp3) is 0.667.